The van der Waals surface area contributed by atoms with Crippen molar-refractivity contribution >= 4 is 17.5 Å². The molecule has 2 aliphatic rings. The lowest BCUT2D eigenvalue weighted by atomic mass is 9.70. The number of pyridine rings is 1. The molecule has 2 fully saturated rings. The van der Waals surface area contributed by atoms with Crippen LogP contribution >= 0.6 is 11.6 Å². The number of halogens is 4. The predicted molar refractivity (Wildman–Crippen MR) is 141 cm³/mol. The second kappa shape index (κ2) is 11.4. The lowest BCUT2D eigenvalue weighted by Gasteiger charge is -2.42. The second-order valence-corrected chi connectivity index (χ2v) is 12.3. The number of rotatable bonds is 9. The van der Waals surface area contributed by atoms with Gasteiger partial charge in [0.05, 0.1) is 22.8 Å². The van der Waals surface area contributed by atoms with Gasteiger partial charge in [0.25, 0.3) is 5.91 Å². The van der Waals surface area contributed by atoms with Gasteiger partial charge >= 0.3 is 6.18 Å². The summed E-state index contributed by atoms with van der Waals surface area (Å²) in [6.45, 7) is 6.34. The van der Waals surface area contributed by atoms with Gasteiger partial charge in [-0.25, -0.2) is 0 Å². The minimum absolute atomic E-state index is 0.140. The van der Waals surface area contributed by atoms with Crippen LogP contribution in [0.25, 0.3) is 0 Å². The Morgan fingerprint density at radius 2 is 1.85 bits per heavy atom. The fourth-order valence-corrected chi connectivity index (χ4v) is 6.27. The molecule has 2 aromatic rings. The molecule has 0 bridgehead atoms. The Kier molecular flexibility index (Phi) is 8.69. The number of aliphatic hydroxyl groups excluding tert-OH is 1. The van der Waals surface area contributed by atoms with E-state index in [9.17, 15) is 28.2 Å². The van der Waals surface area contributed by atoms with Gasteiger partial charge in [-0.05, 0) is 67.9 Å². The summed E-state index contributed by atoms with van der Waals surface area (Å²) in [4.78, 5) is 19.5. The Labute approximate surface area is 232 Å². The summed E-state index contributed by atoms with van der Waals surface area (Å²) >= 11 is 6.41. The van der Waals surface area contributed by atoms with Crippen molar-refractivity contribution in [1.82, 2.24) is 19.7 Å². The van der Waals surface area contributed by atoms with Crippen molar-refractivity contribution in [3.8, 4) is 0 Å². The van der Waals surface area contributed by atoms with E-state index < -0.39 is 41.1 Å². The Bertz CT molecular complexity index is 1170. The molecule has 2 saturated carbocycles. The fraction of sp³-hybridized carbons (Fsp3) is 0.679. The van der Waals surface area contributed by atoms with E-state index in [2.05, 4.69) is 17.0 Å². The average Bonchev–Trinajstić information content (AvgIpc) is 3.32. The van der Waals surface area contributed by atoms with Crippen LogP contribution in [0.15, 0.2) is 18.6 Å². The molecule has 0 unspecified atom stereocenters. The summed E-state index contributed by atoms with van der Waals surface area (Å²) in [5.41, 5.74) is -0.595. The van der Waals surface area contributed by atoms with E-state index in [1.54, 1.807) is 19.3 Å². The Morgan fingerprint density at radius 1 is 1.18 bits per heavy atom. The third kappa shape index (κ3) is 6.28. The molecular formula is C28H38ClF3N4O3. The van der Waals surface area contributed by atoms with Crippen LogP contribution in [-0.2, 0) is 19.0 Å². The zero-order valence-corrected chi connectivity index (χ0v) is 23.5. The average molecular weight is 571 g/mol. The molecule has 0 spiro atoms. The molecule has 2 aromatic heterocycles. The lowest BCUT2D eigenvalue weighted by Crippen LogP contribution is -2.44. The van der Waals surface area contributed by atoms with E-state index in [4.69, 9.17) is 11.6 Å². The molecular weight excluding hydrogens is 533 g/mol. The fourth-order valence-electron chi connectivity index (χ4n) is 6.00. The van der Waals surface area contributed by atoms with Crippen molar-refractivity contribution in [2.75, 3.05) is 13.1 Å². The number of aryl methyl sites for hydroxylation is 1. The molecule has 0 aliphatic heterocycles. The number of carbonyl (C=O) groups excluding carboxylic acids is 1. The number of aromatic nitrogens is 3. The number of carbonyl (C=O) groups is 1. The van der Waals surface area contributed by atoms with E-state index in [1.807, 2.05) is 6.92 Å². The van der Waals surface area contributed by atoms with Gasteiger partial charge in [0.2, 0.25) is 0 Å². The Hall–Kier alpha value is -2.17. The molecule has 7 nitrogen and oxygen atoms in total. The standard InChI is InChI=1S/C28H38ClF3N4O3/c1-4-18-14-33-16-22(29)20(18)8-13-35(17-26(2)9-5-10-26)24(37)21-15-34-36(23(21)28(30,31)32)19-6-11-27(3,12-7-19)25(38)39/h14-16,19,25,38-39H,4-13,17H2,1-3H3. The highest BCUT2D eigenvalue weighted by atomic mass is 35.5. The van der Waals surface area contributed by atoms with E-state index in [0.717, 1.165) is 41.3 Å². The van der Waals surface area contributed by atoms with Gasteiger partial charge in [0.1, 0.15) is 0 Å². The molecule has 39 heavy (non-hydrogen) atoms. The van der Waals surface area contributed by atoms with Crippen LogP contribution in [0.5, 0.6) is 0 Å². The first-order chi connectivity index (χ1) is 18.3. The van der Waals surface area contributed by atoms with Crippen LogP contribution in [0.2, 0.25) is 5.02 Å². The van der Waals surface area contributed by atoms with Crippen molar-refractivity contribution in [2.24, 2.45) is 10.8 Å². The number of hydrogen-bond donors (Lipinski definition) is 2. The molecule has 0 saturated heterocycles. The van der Waals surface area contributed by atoms with Gasteiger partial charge in [-0.15, -0.1) is 0 Å². The molecule has 2 N–H and O–H groups in total. The van der Waals surface area contributed by atoms with Crippen molar-refractivity contribution in [2.45, 2.75) is 97.1 Å². The van der Waals surface area contributed by atoms with Crippen LogP contribution in [0.3, 0.4) is 0 Å². The van der Waals surface area contributed by atoms with Crippen molar-refractivity contribution in [3.63, 3.8) is 0 Å². The third-order valence-corrected chi connectivity index (χ3v) is 9.21. The molecule has 2 heterocycles. The van der Waals surface area contributed by atoms with Crippen LogP contribution in [0.4, 0.5) is 13.2 Å². The van der Waals surface area contributed by atoms with Gasteiger partial charge in [0, 0.05) is 30.9 Å². The minimum atomic E-state index is -4.78. The highest BCUT2D eigenvalue weighted by Crippen LogP contribution is 2.45. The zero-order valence-electron chi connectivity index (χ0n) is 22.8. The number of aliphatic hydroxyl groups is 2. The first kappa shape index (κ1) is 29.8. The SMILES string of the molecule is CCc1cncc(Cl)c1CCN(CC1(C)CCC1)C(=O)c1cnn(C2CCC(C)(C(O)O)CC2)c1C(F)(F)F. The Morgan fingerprint density at radius 3 is 2.38 bits per heavy atom. The zero-order chi connectivity index (χ0) is 28.6. The molecule has 0 radical (unpaired) electrons. The molecule has 11 heteroatoms. The van der Waals surface area contributed by atoms with E-state index in [1.165, 1.54) is 4.90 Å². The minimum Gasteiger partial charge on any atom is -0.368 e. The predicted octanol–water partition coefficient (Wildman–Crippen LogP) is 5.82. The first-order valence-corrected chi connectivity index (χ1v) is 14.1. The maximum absolute atomic E-state index is 14.5. The quantitative estimate of drug-likeness (QED) is 0.371. The largest absolute Gasteiger partial charge is 0.433 e. The van der Waals surface area contributed by atoms with Crippen molar-refractivity contribution in [1.29, 1.82) is 0 Å². The van der Waals surface area contributed by atoms with Crippen LogP contribution < -0.4 is 0 Å². The highest BCUT2D eigenvalue weighted by molar-refractivity contribution is 6.31. The van der Waals surface area contributed by atoms with Gasteiger partial charge < -0.3 is 15.1 Å². The monoisotopic (exact) mass is 570 g/mol. The van der Waals surface area contributed by atoms with Crippen LogP contribution in [0.1, 0.15) is 98.9 Å². The van der Waals surface area contributed by atoms with Crippen molar-refractivity contribution < 1.29 is 28.2 Å². The van der Waals surface area contributed by atoms with Gasteiger partial charge in [-0.2, -0.15) is 18.3 Å². The summed E-state index contributed by atoms with van der Waals surface area (Å²) < 4.78 is 44.4. The van der Waals surface area contributed by atoms with Crippen molar-refractivity contribution in [3.05, 3.63) is 46.0 Å². The van der Waals surface area contributed by atoms with Crippen LogP contribution in [0, 0.1) is 10.8 Å². The maximum atomic E-state index is 14.5. The second-order valence-electron chi connectivity index (χ2n) is 11.9. The number of nitrogens with zero attached hydrogens (tertiary/aromatic N) is 4. The van der Waals surface area contributed by atoms with E-state index >= 15 is 0 Å². The van der Waals surface area contributed by atoms with Gasteiger partial charge in [-0.1, -0.05) is 38.8 Å². The number of hydrogen-bond acceptors (Lipinski definition) is 5. The van der Waals surface area contributed by atoms with E-state index in [-0.39, 0.29) is 12.0 Å². The Balaban J connectivity index is 1.63. The van der Waals surface area contributed by atoms with E-state index in [0.29, 0.717) is 50.1 Å². The molecule has 4 rings (SSSR count). The molecule has 1 amide bonds. The smallest absolute Gasteiger partial charge is 0.368 e. The lowest BCUT2D eigenvalue weighted by molar-refractivity contribution is -0.152. The summed E-state index contributed by atoms with van der Waals surface area (Å²) in [5, 5.41) is 24.0. The maximum Gasteiger partial charge on any atom is 0.433 e. The first-order valence-electron chi connectivity index (χ1n) is 13.7. The summed E-state index contributed by atoms with van der Waals surface area (Å²) in [5.74, 6) is -0.684. The summed E-state index contributed by atoms with van der Waals surface area (Å²) in [6.07, 6.45) is 3.25. The number of amides is 1. The molecule has 0 aromatic carbocycles. The molecule has 0 atom stereocenters. The normalized spacial score (nSPS) is 23.1. The van der Waals surface area contributed by atoms with Gasteiger partial charge in [-0.3, -0.25) is 14.5 Å². The summed E-state index contributed by atoms with van der Waals surface area (Å²) in [6, 6.07) is -0.588. The highest BCUT2D eigenvalue weighted by Gasteiger charge is 2.45. The number of alkyl halides is 3. The van der Waals surface area contributed by atoms with Gasteiger partial charge in [0.15, 0.2) is 12.0 Å². The summed E-state index contributed by atoms with van der Waals surface area (Å²) in [7, 11) is 0. The molecule has 216 valence electrons. The third-order valence-electron chi connectivity index (χ3n) is 8.89. The van der Waals surface area contributed by atoms with Crippen LogP contribution in [-0.4, -0.2) is 55.2 Å². The molecule has 2 aliphatic carbocycles. The topological polar surface area (TPSA) is 91.5 Å².